The summed E-state index contributed by atoms with van der Waals surface area (Å²) in [5.41, 5.74) is 0.589. The second-order valence-corrected chi connectivity index (χ2v) is 7.93. The van der Waals surface area contributed by atoms with Gasteiger partial charge in [0.05, 0.1) is 12.9 Å². The second-order valence-electron chi connectivity index (χ2n) is 5.85. The minimum Gasteiger partial charge on any atom is -0.497 e. The van der Waals surface area contributed by atoms with Gasteiger partial charge in [-0.15, -0.1) is 0 Å². The molecule has 1 aliphatic rings. The fourth-order valence-corrected chi connectivity index (χ4v) is 3.97. The van der Waals surface area contributed by atoms with Crippen LogP contribution < -0.4 is 4.74 Å². The molecular formula is C17H24N2O8S. The number of carbonyl (C=O) groups is 3. The minimum atomic E-state index is -3.18. The second kappa shape index (κ2) is 10.6. The third kappa shape index (κ3) is 6.82. The van der Waals surface area contributed by atoms with Gasteiger partial charge in [0.15, 0.2) is 0 Å². The Labute approximate surface area is 163 Å². The zero-order chi connectivity index (χ0) is 21.3. The largest absolute Gasteiger partial charge is 0.497 e. The van der Waals surface area contributed by atoms with Crippen LogP contribution in [0.25, 0.3) is 0 Å². The average Bonchev–Trinajstić information content (AvgIpc) is 2.68. The van der Waals surface area contributed by atoms with Crippen molar-refractivity contribution >= 4 is 27.9 Å². The molecule has 28 heavy (non-hydrogen) atoms. The first-order valence-electron chi connectivity index (χ1n) is 8.49. The number of aliphatic carboxylic acids is 2. The van der Waals surface area contributed by atoms with Gasteiger partial charge in [-0.25, -0.2) is 18.0 Å². The van der Waals surface area contributed by atoms with E-state index in [-0.39, 0.29) is 11.7 Å². The van der Waals surface area contributed by atoms with Gasteiger partial charge in [0.1, 0.15) is 5.75 Å². The van der Waals surface area contributed by atoms with Gasteiger partial charge in [0.25, 0.3) is 5.91 Å². The van der Waals surface area contributed by atoms with Gasteiger partial charge >= 0.3 is 11.9 Å². The molecule has 2 N–H and O–H groups in total. The number of amides is 1. The van der Waals surface area contributed by atoms with Crippen molar-refractivity contribution in [1.82, 2.24) is 9.21 Å². The van der Waals surface area contributed by atoms with Gasteiger partial charge in [0, 0.05) is 31.7 Å². The molecule has 0 unspecified atom stereocenters. The van der Waals surface area contributed by atoms with Crippen LogP contribution in [0.2, 0.25) is 0 Å². The summed E-state index contributed by atoms with van der Waals surface area (Å²) in [5.74, 6) is -2.85. The molecule has 11 heteroatoms. The molecule has 10 nitrogen and oxygen atoms in total. The highest BCUT2D eigenvalue weighted by Crippen LogP contribution is 2.15. The van der Waals surface area contributed by atoms with Crippen LogP contribution in [0, 0.1) is 0 Å². The van der Waals surface area contributed by atoms with Gasteiger partial charge < -0.3 is 19.8 Å². The van der Waals surface area contributed by atoms with Crippen LogP contribution in [-0.2, 0) is 19.6 Å². The number of carbonyl (C=O) groups excluding carboxylic acids is 1. The molecule has 0 saturated carbocycles. The molecular weight excluding hydrogens is 392 g/mol. The number of carboxylic acid groups (broad SMARTS) is 2. The highest BCUT2D eigenvalue weighted by Gasteiger charge is 2.28. The Bertz CT molecular complexity index is 772. The molecule has 0 radical (unpaired) electrons. The maximum atomic E-state index is 12.4. The van der Waals surface area contributed by atoms with E-state index in [1.54, 1.807) is 36.3 Å². The number of hydrogen-bond acceptors (Lipinski definition) is 6. The van der Waals surface area contributed by atoms with E-state index in [2.05, 4.69) is 0 Å². The van der Waals surface area contributed by atoms with E-state index in [0.29, 0.717) is 43.9 Å². The normalized spacial score (nSPS) is 14.6. The van der Waals surface area contributed by atoms with Crippen LogP contribution in [0.4, 0.5) is 0 Å². The lowest BCUT2D eigenvalue weighted by atomic mass is 10.2. The Balaban J connectivity index is 0.000000568. The number of sulfonamides is 1. The highest BCUT2D eigenvalue weighted by atomic mass is 32.2. The number of hydrogen-bond donors (Lipinski definition) is 2. The Kier molecular flexibility index (Phi) is 8.86. The topological polar surface area (TPSA) is 142 Å². The number of rotatable bonds is 5. The van der Waals surface area contributed by atoms with Crippen LogP contribution in [0.3, 0.4) is 0 Å². The lowest BCUT2D eigenvalue weighted by Gasteiger charge is -2.34. The average molecular weight is 416 g/mol. The number of ether oxygens (including phenoxy) is 1. The summed E-state index contributed by atoms with van der Waals surface area (Å²) in [7, 11) is -1.60. The molecule has 1 fully saturated rings. The molecule has 0 aliphatic carbocycles. The summed E-state index contributed by atoms with van der Waals surface area (Å²) >= 11 is 0. The summed E-state index contributed by atoms with van der Waals surface area (Å²) < 4.78 is 30.6. The molecule has 1 amide bonds. The lowest BCUT2D eigenvalue weighted by molar-refractivity contribution is -0.159. The number of methoxy groups -OCH3 is 1. The first-order chi connectivity index (χ1) is 13.1. The summed E-state index contributed by atoms with van der Waals surface area (Å²) in [6.45, 7) is 3.43. The smallest absolute Gasteiger partial charge is 0.414 e. The monoisotopic (exact) mass is 416 g/mol. The SMILES string of the molecule is CCCS(=O)(=O)N1CCN(C(=O)c2ccc(OC)cc2)CC1.O=C(O)C(=O)O. The van der Waals surface area contributed by atoms with Crippen LogP contribution in [-0.4, -0.2) is 84.7 Å². The molecule has 1 saturated heterocycles. The van der Waals surface area contributed by atoms with Crippen molar-refractivity contribution in [1.29, 1.82) is 0 Å². The van der Waals surface area contributed by atoms with Crippen molar-refractivity contribution in [3.8, 4) is 5.75 Å². The van der Waals surface area contributed by atoms with Gasteiger partial charge in [-0.1, -0.05) is 6.92 Å². The van der Waals surface area contributed by atoms with Crippen molar-refractivity contribution in [2.75, 3.05) is 39.0 Å². The van der Waals surface area contributed by atoms with E-state index in [9.17, 15) is 13.2 Å². The number of nitrogens with zero attached hydrogens (tertiary/aromatic N) is 2. The number of benzene rings is 1. The summed E-state index contributed by atoms with van der Waals surface area (Å²) in [6, 6.07) is 6.94. The maximum absolute atomic E-state index is 12.4. The molecule has 0 bridgehead atoms. The number of piperazine rings is 1. The molecule has 2 rings (SSSR count). The van der Waals surface area contributed by atoms with Crippen LogP contribution in [0.5, 0.6) is 5.75 Å². The fraction of sp³-hybridized carbons (Fsp3) is 0.471. The van der Waals surface area contributed by atoms with Gasteiger partial charge in [-0.3, -0.25) is 4.79 Å². The predicted octanol–water partition coefficient (Wildman–Crippen LogP) is 0.348. The summed E-state index contributed by atoms with van der Waals surface area (Å²) in [6.07, 6.45) is 0.604. The predicted molar refractivity (Wildman–Crippen MR) is 99.8 cm³/mol. The van der Waals surface area contributed by atoms with Crippen LogP contribution in [0.1, 0.15) is 23.7 Å². The highest BCUT2D eigenvalue weighted by molar-refractivity contribution is 7.89. The van der Waals surface area contributed by atoms with Crippen molar-refractivity contribution in [3.05, 3.63) is 29.8 Å². The molecule has 1 aliphatic heterocycles. The zero-order valence-corrected chi connectivity index (χ0v) is 16.5. The van der Waals surface area contributed by atoms with E-state index >= 15 is 0 Å². The third-order valence-corrected chi connectivity index (χ3v) is 5.98. The third-order valence-electron chi connectivity index (χ3n) is 3.90. The van der Waals surface area contributed by atoms with Crippen molar-refractivity contribution in [2.45, 2.75) is 13.3 Å². The minimum absolute atomic E-state index is 0.0739. The molecule has 0 spiro atoms. The Morgan fingerprint density at radius 2 is 1.50 bits per heavy atom. The maximum Gasteiger partial charge on any atom is 0.414 e. The standard InChI is InChI=1S/C15H22N2O4S.C2H2O4/c1-3-12-22(19,20)17-10-8-16(9-11-17)15(18)13-4-6-14(21-2)7-5-13;3-1(4)2(5)6/h4-7H,3,8-12H2,1-2H3;(H,3,4)(H,5,6). The van der Waals surface area contributed by atoms with Crippen LogP contribution in [0.15, 0.2) is 24.3 Å². The molecule has 1 aromatic carbocycles. The van der Waals surface area contributed by atoms with Gasteiger partial charge in [-0.2, -0.15) is 4.31 Å². The summed E-state index contributed by atoms with van der Waals surface area (Å²) in [4.78, 5) is 32.3. The molecule has 0 aromatic heterocycles. The molecule has 0 atom stereocenters. The van der Waals surface area contributed by atoms with E-state index in [0.717, 1.165) is 0 Å². The molecule has 156 valence electrons. The molecule has 1 aromatic rings. The van der Waals surface area contributed by atoms with Gasteiger partial charge in [-0.05, 0) is 30.7 Å². The Morgan fingerprint density at radius 3 is 1.89 bits per heavy atom. The van der Waals surface area contributed by atoms with E-state index in [4.69, 9.17) is 24.5 Å². The lowest BCUT2D eigenvalue weighted by Crippen LogP contribution is -2.51. The quantitative estimate of drug-likeness (QED) is 0.655. The summed E-state index contributed by atoms with van der Waals surface area (Å²) in [5, 5.41) is 14.8. The van der Waals surface area contributed by atoms with Crippen molar-refractivity contribution in [3.63, 3.8) is 0 Å². The first-order valence-corrected chi connectivity index (χ1v) is 10.1. The molecule has 1 heterocycles. The van der Waals surface area contributed by atoms with E-state index in [1.807, 2.05) is 6.92 Å². The van der Waals surface area contributed by atoms with Crippen molar-refractivity contribution in [2.24, 2.45) is 0 Å². The number of carboxylic acids is 2. The Hall–Kier alpha value is -2.66. The van der Waals surface area contributed by atoms with Gasteiger partial charge in [0.2, 0.25) is 10.0 Å². The Morgan fingerprint density at radius 1 is 1.00 bits per heavy atom. The van der Waals surface area contributed by atoms with E-state index in [1.165, 1.54) is 4.31 Å². The van der Waals surface area contributed by atoms with E-state index < -0.39 is 22.0 Å². The zero-order valence-electron chi connectivity index (χ0n) is 15.7. The fourth-order valence-electron chi connectivity index (χ4n) is 2.47. The first kappa shape index (κ1) is 23.4. The van der Waals surface area contributed by atoms with Crippen molar-refractivity contribution < 1.29 is 37.8 Å². The van der Waals surface area contributed by atoms with Crippen LogP contribution >= 0.6 is 0 Å².